The molecule has 3 aromatic rings. The van der Waals surface area contributed by atoms with Gasteiger partial charge in [0.15, 0.2) is 10.3 Å². The first kappa shape index (κ1) is 17.4. The lowest BCUT2D eigenvalue weighted by molar-refractivity contribution is 0.0522. The smallest absolute Gasteiger partial charge is 0.375 e. The van der Waals surface area contributed by atoms with Gasteiger partial charge in [-0.25, -0.2) is 9.78 Å². The second-order valence-electron chi connectivity index (χ2n) is 4.73. The van der Waals surface area contributed by atoms with E-state index in [1.54, 1.807) is 48.0 Å². The Morgan fingerprint density at radius 1 is 1.32 bits per heavy atom. The second-order valence-corrected chi connectivity index (χ2v) is 7.37. The monoisotopic (exact) mass is 393 g/mol. The molecule has 0 atom stereocenters. The standard InChI is InChI=1S/C16H12ClN3O3S2/c17-16-19-8-12(25-16)9-22-11-4-1-3-10(7-11)14(18)20-23-15(21)13-5-2-6-24-13/h1-8H,9H2,(H2,18,20). The highest BCUT2D eigenvalue weighted by atomic mass is 35.5. The molecular weight excluding hydrogens is 382 g/mol. The number of oxime groups is 1. The summed E-state index contributed by atoms with van der Waals surface area (Å²) in [5, 5.41) is 5.46. The van der Waals surface area contributed by atoms with E-state index in [1.165, 1.54) is 22.7 Å². The quantitative estimate of drug-likeness (QED) is 0.297. The molecular formula is C16H12ClN3O3S2. The first-order valence-corrected chi connectivity index (χ1v) is 9.11. The van der Waals surface area contributed by atoms with E-state index in [9.17, 15) is 4.79 Å². The van der Waals surface area contributed by atoms with Gasteiger partial charge in [-0.15, -0.1) is 22.7 Å². The highest BCUT2D eigenvalue weighted by Crippen LogP contribution is 2.21. The topological polar surface area (TPSA) is 86.8 Å². The van der Waals surface area contributed by atoms with Gasteiger partial charge in [0.1, 0.15) is 17.2 Å². The third kappa shape index (κ3) is 4.79. The molecule has 2 heterocycles. The van der Waals surface area contributed by atoms with Crippen molar-refractivity contribution in [3.63, 3.8) is 0 Å². The van der Waals surface area contributed by atoms with E-state index >= 15 is 0 Å². The number of nitrogens with zero attached hydrogens (tertiary/aromatic N) is 2. The Morgan fingerprint density at radius 2 is 2.20 bits per heavy atom. The maximum atomic E-state index is 11.8. The van der Waals surface area contributed by atoms with Crippen LogP contribution in [0.15, 0.2) is 53.1 Å². The van der Waals surface area contributed by atoms with E-state index in [0.29, 0.717) is 27.3 Å². The number of halogens is 1. The normalized spacial score (nSPS) is 11.3. The van der Waals surface area contributed by atoms with Gasteiger partial charge in [-0.1, -0.05) is 35.0 Å². The molecule has 0 bridgehead atoms. The number of benzene rings is 1. The summed E-state index contributed by atoms with van der Waals surface area (Å²) in [6.07, 6.45) is 1.66. The predicted octanol–water partition coefficient (Wildman–Crippen LogP) is 3.91. The molecule has 0 saturated heterocycles. The molecule has 2 aromatic heterocycles. The third-order valence-electron chi connectivity index (χ3n) is 2.99. The Labute approximate surface area is 156 Å². The number of thiophene rings is 1. The van der Waals surface area contributed by atoms with Crippen molar-refractivity contribution < 1.29 is 14.4 Å². The minimum atomic E-state index is -0.549. The van der Waals surface area contributed by atoms with Gasteiger partial charge in [-0.2, -0.15) is 0 Å². The van der Waals surface area contributed by atoms with Crippen molar-refractivity contribution in [1.82, 2.24) is 4.98 Å². The van der Waals surface area contributed by atoms with Crippen molar-refractivity contribution in [2.24, 2.45) is 10.9 Å². The summed E-state index contributed by atoms with van der Waals surface area (Å²) in [5.74, 6) is 0.133. The van der Waals surface area contributed by atoms with Crippen molar-refractivity contribution in [3.8, 4) is 5.75 Å². The van der Waals surface area contributed by atoms with E-state index in [0.717, 1.165) is 4.88 Å². The summed E-state index contributed by atoms with van der Waals surface area (Å²) >= 11 is 8.41. The van der Waals surface area contributed by atoms with Crippen molar-refractivity contribution in [2.45, 2.75) is 6.61 Å². The van der Waals surface area contributed by atoms with Crippen LogP contribution in [-0.2, 0) is 11.4 Å². The Balaban J connectivity index is 1.63. The summed E-state index contributed by atoms with van der Waals surface area (Å²) in [5.41, 5.74) is 6.45. The van der Waals surface area contributed by atoms with Gasteiger partial charge >= 0.3 is 5.97 Å². The van der Waals surface area contributed by atoms with Crippen LogP contribution in [0.3, 0.4) is 0 Å². The first-order chi connectivity index (χ1) is 12.1. The lowest BCUT2D eigenvalue weighted by atomic mass is 10.2. The third-order valence-corrected chi connectivity index (χ3v) is 4.92. The van der Waals surface area contributed by atoms with Gasteiger partial charge in [0.2, 0.25) is 0 Å². The molecule has 0 spiro atoms. The fourth-order valence-electron chi connectivity index (χ4n) is 1.83. The zero-order chi connectivity index (χ0) is 17.6. The molecule has 0 aliphatic carbocycles. The molecule has 6 nitrogen and oxygen atoms in total. The van der Waals surface area contributed by atoms with Gasteiger partial charge in [0.05, 0.1) is 4.88 Å². The molecule has 0 radical (unpaired) electrons. The predicted molar refractivity (Wildman–Crippen MR) is 98.4 cm³/mol. The Hall–Kier alpha value is -2.42. The van der Waals surface area contributed by atoms with Crippen LogP contribution >= 0.6 is 34.3 Å². The fraction of sp³-hybridized carbons (Fsp3) is 0.0625. The van der Waals surface area contributed by atoms with Gasteiger partial charge in [-0.3, -0.25) is 0 Å². The zero-order valence-electron chi connectivity index (χ0n) is 12.7. The molecule has 0 unspecified atom stereocenters. The van der Waals surface area contributed by atoms with Crippen LogP contribution in [0.4, 0.5) is 0 Å². The lowest BCUT2D eigenvalue weighted by Crippen LogP contribution is -2.15. The van der Waals surface area contributed by atoms with Gasteiger partial charge in [0, 0.05) is 11.8 Å². The maximum Gasteiger partial charge on any atom is 0.375 e. The van der Waals surface area contributed by atoms with Crippen LogP contribution in [0.2, 0.25) is 4.47 Å². The lowest BCUT2D eigenvalue weighted by Gasteiger charge is -2.06. The molecule has 3 rings (SSSR count). The number of aromatic nitrogens is 1. The van der Waals surface area contributed by atoms with Crippen LogP contribution < -0.4 is 10.5 Å². The van der Waals surface area contributed by atoms with Crippen LogP contribution in [0.25, 0.3) is 0 Å². The Kier molecular flexibility index (Phi) is 5.64. The molecule has 2 N–H and O–H groups in total. The number of hydrogen-bond acceptors (Lipinski definition) is 7. The van der Waals surface area contributed by atoms with E-state index in [4.69, 9.17) is 26.9 Å². The van der Waals surface area contributed by atoms with Crippen LogP contribution in [0, 0.1) is 0 Å². The Bertz CT molecular complexity index is 894. The average Bonchev–Trinajstić information content (AvgIpc) is 3.29. The van der Waals surface area contributed by atoms with Gasteiger partial charge in [-0.05, 0) is 23.6 Å². The van der Waals surface area contributed by atoms with Crippen LogP contribution in [0.1, 0.15) is 20.1 Å². The van der Waals surface area contributed by atoms with Gasteiger partial charge in [0.25, 0.3) is 0 Å². The molecule has 128 valence electrons. The maximum absolute atomic E-state index is 11.8. The molecule has 0 aliphatic heterocycles. The minimum absolute atomic E-state index is 0.0798. The molecule has 0 amide bonds. The van der Waals surface area contributed by atoms with Crippen molar-refractivity contribution in [2.75, 3.05) is 0 Å². The molecule has 9 heteroatoms. The molecule has 1 aromatic carbocycles. The highest BCUT2D eigenvalue weighted by molar-refractivity contribution is 7.15. The number of ether oxygens (including phenoxy) is 1. The van der Waals surface area contributed by atoms with Crippen LogP contribution in [0.5, 0.6) is 5.75 Å². The summed E-state index contributed by atoms with van der Waals surface area (Å²) in [6, 6.07) is 10.4. The van der Waals surface area contributed by atoms with E-state index in [-0.39, 0.29) is 5.84 Å². The summed E-state index contributed by atoms with van der Waals surface area (Å²) in [4.78, 5) is 21.9. The number of thiazole rings is 1. The number of amidine groups is 1. The number of carbonyl (C=O) groups excluding carboxylic acids is 1. The van der Waals surface area contributed by atoms with E-state index < -0.39 is 5.97 Å². The second kappa shape index (κ2) is 8.11. The van der Waals surface area contributed by atoms with Crippen LogP contribution in [-0.4, -0.2) is 16.8 Å². The fourth-order valence-corrected chi connectivity index (χ4v) is 3.32. The number of carbonyl (C=O) groups is 1. The molecule has 0 fully saturated rings. The van der Waals surface area contributed by atoms with Gasteiger partial charge < -0.3 is 15.3 Å². The van der Waals surface area contributed by atoms with Crippen molar-refractivity contribution >= 4 is 46.1 Å². The molecule has 25 heavy (non-hydrogen) atoms. The minimum Gasteiger partial charge on any atom is -0.488 e. The van der Waals surface area contributed by atoms with Crippen molar-refractivity contribution in [1.29, 1.82) is 0 Å². The molecule has 0 saturated carbocycles. The average molecular weight is 394 g/mol. The van der Waals surface area contributed by atoms with E-state index in [2.05, 4.69) is 10.1 Å². The SMILES string of the molecule is NC(=NOC(=O)c1cccs1)c1cccc(OCc2cnc(Cl)s2)c1. The van der Waals surface area contributed by atoms with E-state index in [1.807, 2.05) is 0 Å². The summed E-state index contributed by atoms with van der Waals surface area (Å²) < 4.78 is 6.14. The largest absolute Gasteiger partial charge is 0.488 e. The summed E-state index contributed by atoms with van der Waals surface area (Å²) in [6.45, 7) is 0.345. The number of nitrogens with two attached hydrogens (primary N) is 1. The number of hydrogen-bond donors (Lipinski definition) is 1. The summed E-state index contributed by atoms with van der Waals surface area (Å²) in [7, 11) is 0. The zero-order valence-corrected chi connectivity index (χ0v) is 15.1. The van der Waals surface area contributed by atoms with Crippen molar-refractivity contribution in [3.05, 3.63) is 67.8 Å². The number of rotatable bonds is 6. The first-order valence-electron chi connectivity index (χ1n) is 7.03. The molecule has 0 aliphatic rings. The Morgan fingerprint density at radius 3 is 2.92 bits per heavy atom. The highest BCUT2D eigenvalue weighted by Gasteiger charge is 2.09.